The van der Waals surface area contributed by atoms with Crippen molar-refractivity contribution < 1.29 is 14.1 Å². The van der Waals surface area contributed by atoms with Gasteiger partial charge in [0, 0.05) is 11.6 Å². The van der Waals surface area contributed by atoms with Gasteiger partial charge in [0.2, 0.25) is 0 Å². The van der Waals surface area contributed by atoms with Crippen LogP contribution in [0.25, 0.3) is 16.9 Å². The summed E-state index contributed by atoms with van der Waals surface area (Å²) in [5.41, 5.74) is -0.0948. The molecule has 2 aromatic carbocycles. The highest BCUT2D eigenvalue weighted by Gasteiger charge is 2.24. The van der Waals surface area contributed by atoms with Gasteiger partial charge in [-0.05, 0) is 18.2 Å². The maximum Gasteiger partial charge on any atom is 0.294 e. The monoisotopic (exact) mass is 345 g/mol. The summed E-state index contributed by atoms with van der Waals surface area (Å²) in [5, 5.41) is 15.2. The third-order valence-electron chi connectivity index (χ3n) is 3.42. The van der Waals surface area contributed by atoms with E-state index in [2.05, 4.69) is 5.10 Å². The summed E-state index contributed by atoms with van der Waals surface area (Å²) in [6.07, 6.45) is 0.447. The summed E-state index contributed by atoms with van der Waals surface area (Å²) in [5.74, 6) is -0.579. The Labute approximate surface area is 140 Å². The molecule has 3 aromatic rings. The van der Waals surface area contributed by atoms with Gasteiger partial charge in [0.05, 0.1) is 10.5 Å². The van der Waals surface area contributed by atoms with Gasteiger partial charge >= 0.3 is 0 Å². The van der Waals surface area contributed by atoms with Crippen LogP contribution < -0.4 is 0 Å². The van der Waals surface area contributed by atoms with Gasteiger partial charge in [0.15, 0.2) is 6.29 Å². The molecular formula is C16H9ClFN3O3. The van der Waals surface area contributed by atoms with Gasteiger partial charge in [-0.2, -0.15) is 5.10 Å². The van der Waals surface area contributed by atoms with Gasteiger partial charge in [-0.1, -0.05) is 35.9 Å². The third-order valence-corrected chi connectivity index (χ3v) is 3.78. The Balaban J connectivity index is 2.28. The molecule has 3 rings (SSSR count). The van der Waals surface area contributed by atoms with Crippen molar-refractivity contribution in [2.75, 3.05) is 0 Å². The molecule has 0 bridgehead atoms. The number of carbonyl (C=O) groups is 1. The molecule has 0 aliphatic rings. The second-order valence-electron chi connectivity index (χ2n) is 4.81. The molecule has 24 heavy (non-hydrogen) atoms. The molecule has 0 aliphatic heterocycles. The van der Waals surface area contributed by atoms with Crippen LogP contribution in [0, 0.1) is 15.9 Å². The van der Waals surface area contributed by atoms with E-state index in [1.807, 2.05) is 0 Å². The van der Waals surface area contributed by atoms with Crippen molar-refractivity contribution in [3.63, 3.8) is 0 Å². The first-order valence-electron chi connectivity index (χ1n) is 6.77. The second kappa shape index (κ2) is 6.21. The van der Waals surface area contributed by atoms with Gasteiger partial charge in [0.25, 0.3) is 5.69 Å². The summed E-state index contributed by atoms with van der Waals surface area (Å²) in [6.45, 7) is 0. The van der Waals surface area contributed by atoms with E-state index in [-0.39, 0.29) is 33.3 Å². The number of nitrogens with zero attached hydrogens (tertiary/aromatic N) is 3. The molecule has 0 saturated heterocycles. The summed E-state index contributed by atoms with van der Waals surface area (Å²) in [4.78, 5) is 22.0. The number of nitro benzene ring substituents is 1. The number of nitro groups is 1. The highest BCUT2D eigenvalue weighted by atomic mass is 35.5. The van der Waals surface area contributed by atoms with Crippen molar-refractivity contribution in [1.29, 1.82) is 0 Å². The molecule has 0 atom stereocenters. The Kier molecular flexibility index (Phi) is 4.09. The number of para-hydroxylation sites is 2. The van der Waals surface area contributed by atoms with Crippen LogP contribution >= 0.6 is 11.6 Å². The summed E-state index contributed by atoms with van der Waals surface area (Å²) < 4.78 is 15.1. The summed E-state index contributed by atoms with van der Waals surface area (Å²) in [7, 11) is 0. The highest BCUT2D eigenvalue weighted by molar-refractivity contribution is 6.32. The number of aldehydes is 1. The van der Waals surface area contributed by atoms with Crippen LogP contribution in [0.3, 0.4) is 0 Å². The standard InChI is InChI=1S/C16H9ClFN3O3/c17-16-11(9-22)15(10-5-1-2-6-12(10)18)19-20(16)13-7-3-4-8-14(13)21(23)24/h1-9H. The molecule has 0 radical (unpaired) electrons. The first-order valence-corrected chi connectivity index (χ1v) is 7.14. The van der Waals surface area contributed by atoms with Gasteiger partial charge in [-0.3, -0.25) is 14.9 Å². The fourth-order valence-corrected chi connectivity index (χ4v) is 2.59. The van der Waals surface area contributed by atoms with Gasteiger partial charge < -0.3 is 0 Å². The molecule has 1 aromatic heterocycles. The number of halogens is 2. The van der Waals surface area contributed by atoms with Crippen molar-refractivity contribution in [2.45, 2.75) is 0 Å². The fraction of sp³-hybridized carbons (Fsp3) is 0. The number of aromatic nitrogens is 2. The molecule has 0 aliphatic carbocycles. The van der Waals surface area contributed by atoms with E-state index >= 15 is 0 Å². The van der Waals surface area contributed by atoms with Crippen LogP contribution in [0.15, 0.2) is 48.5 Å². The number of hydrogen-bond donors (Lipinski definition) is 0. The Morgan fingerprint density at radius 3 is 2.50 bits per heavy atom. The first kappa shape index (κ1) is 15.8. The van der Waals surface area contributed by atoms with Crippen LogP contribution in [0.5, 0.6) is 0 Å². The van der Waals surface area contributed by atoms with Crippen molar-refractivity contribution in [3.05, 3.63) is 75.2 Å². The summed E-state index contributed by atoms with van der Waals surface area (Å²) >= 11 is 6.17. The van der Waals surface area contributed by atoms with Crippen molar-refractivity contribution in [1.82, 2.24) is 9.78 Å². The van der Waals surface area contributed by atoms with Crippen LogP contribution in [0.1, 0.15) is 10.4 Å². The van der Waals surface area contributed by atoms with E-state index in [9.17, 15) is 19.3 Å². The minimum Gasteiger partial charge on any atom is -0.298 e. The van der Waals surface area contributed by atoms with Gasteiger partial charge in [-0.25, -0.2) is 9.07 Å². The number of rotatable bonds is 4. The van der Waals surface area contributed by atoms with Crippen molar-refractivity contribution in [3.8, 4) is 16.9 Å². The number of hydrogen-bond acceptors (Lipinski definition) is 4. The number of carbonyl (C=O) groups excluding carboxylic acids is 1. The van der Waals surface area contributed by atoms with Crippen molar-refractivity contribution in [2.24, 2.45) is 0 Å². The van der Waals surface area contributed by atoms with Crippen LogP contribution in [-0.4, -0.2) is 21.0 Å². The minimum atomic E-state index is -0.587. The first-order chi connectivity index (χ1) is 11.5. The van der Waals surface area contributed by atoms with E-state index in [1.165, 1.54) is 36.4 Å². The topological polar surface area (TPSA) is 78.0 Å². The quantitative estimate of drug-likeness (QED) is 0.406. The van der Waals surface area contributed by atoms with Gasteiger partial charge in [0.1, 0.15) is 22.4 Å². The van der Waals surface area contributed by atoms with Crippen LogP contribution in [0.2, 0.25) is 5.15 Å². The fourth-order valence-electron chi connectivity index (χ4n) is 2.32. The molecule has 1 heterocycles. The molecule has 0 N–H and O–H groups in total. The van der Waals surface area contributed by atoms with Crippen LogP contribution in [-0.2, 0) is 0 Å². The second-order valence-corrected chi connectivity index (χ2v) is 5.17. The van der Waals surface area contributed by atoms with E-state index in [4.69, 9.17) is 11.6 Å². The lowest BCUT2D eigenvalue weighted by Gasteiger charge is -2.03. The predicted octanol–water partition coefficient (Wildman–Crippen LogP) is 4.05. The van der Waals surface area contributed by atoms with E-state index in [0.29, 0.717) is 6.29 Å². The average molecular weight is 346 g/mol. The average Bonchev–Trinajstić information content (AvgIpc) is 2.91. The Morgan fingerprint density at radius 1 is 1.17 bits per heavy atom. The molecule has 8 heteroatoms. The molecule has 120 valence electrons. The third kappa shape index (κ3) is 2.55. The van der Waals surface area contributed by atoms with E-state index in [1.54, 1.807) is 12.1 Å². The molecule has 0 fully saturated rings. The van der Waals surface area contributed by atoms with E-state index in [0.717, 1.165) is 4.68 Å². The smallest absolute Gasteiger partial charge is 0.294 e. The zero-order valence-corrected chi connectivity index (χ0v) is 12.8. The van der Waals surface area contributed by atoms with E-state index < -0.39 is 10.7 Å². The maximum absolute atomic E-state index is 14.0. The molecule has 0 unspecified atom stereocenters. The Bertz CT molecular complexity index is 955. The maximum atomic E-state index is 14.0. The minimum absolute atomic E-state index is 0.0197. The SMILES string of the molecule is O=Cc1c(-c2ccccc2F)nn(-c2ccccc2[N+](=O)[O-])c1Cl. The largest absolute Gasteiger partial charge is 0.298 e. The summed E-state index contributed by atoms with van der Waals surface area (Å²) in [6, 6.07) is 11.6. The Hall–Kier alpha value is -3.06. The number of benzene rings is 2. The predicted molar refractivity (Wildman–Crippen MR) is 86.0 cm³/mol. The zero-order valence-electron chi connectivity index (χ0n) is 12.0. The zero-order chi connectivity index (χ0) is 17.3. The molecule has 0 amide bonds. The lowest BCUT2D eigenvalue weighted by molar-refractivity contribution is -0.384. The lowest BCUT2D eigenvalue weighted by atomic mass is 10.1. The Morgan fingerprint density at radius 2 is 1.83 bits per heavy atom. The molecule has 0 spiro atoms. The van der Waals surface area contributed by atoms with Crippen molar-refractivity contribution >= 4 is 23.6 Å². The van der Waals surface area contributed by atoms with Gasteiger partial charge in [-0.15, -0.1) is 0 Å². The lowest BCUT2D eigenvalue weighted by Crippen LogP contribution is -2.02. The van der Waals surface area contributed by atoms with Crippen LogP contribution in [0.4, 0.5) is 10.1 Å². The molecule has 0 saturated carbocycles. The molecular weight excluding hydrogens is 337 g/mol. The normalized spacial score (nSPS) is 10.6. The highest BCUT2D eigenvalue weighted by Crippen LogP contribution is 2.33. The molecule has 6 nitrogen and oxygen atoms in total.